The fraction of sp³-hybridized carbons (Fsp3) is 0.923. The predicted octanol–water partition coefficient (Wildman–Crippen LogP) is 12.5. The van der Waals surface area contributed by atoms with Crippen LogP contribution in [0.5, 0.6) is 0 Å². The van der Waals surface area contributed by atoms with Crippen LogP contribution >= 0.6 is 0 Å². The Bertz CT molecular complexity index is 1130. The second-order valence-corrected chi connectivity index (χ2v) is 19.4. The Kier molecular flexibility index (Phi) is 27.4. The topological polar surface area (TPSA) is 130 Å². The third-order valence-electron chi connectivity index (χ3n) is 14.0. The predicted molar refractivity (Wildman–Crippen MR) is 243 cm³/mol. The minimum Gasteiger partial charge on any atom is -0.465 e. The standard InChI is InChI=1S/C52H90O10/c1-3-5-7-9-11-13-17-21-25-29-33-57-49(53)41-37-45-47(61-45)39-43(41)51(55)59-35-31-27-23-19-15-16-20-24-28-32-36-60-52(56)44-40-48-46(62-48)38-42(44)50(54)58-34-30-26-22-18-14-12-10-8-6-4-2/h41-48H,3-40H2,1-2H3. The van der Waals surface area contributed by atoms with Gasteiger partial charge in [0.1, 0.15) is 0 Å². The minimum absolute atomic E-state index is 0.0827. The van der Waals surface area contributed by atoms with E-state index in [1.807, 2.05) is 0 Å². The van der Waals surface area contributed by atoms with Gasteiger partial charge in [0, 0.05) is 0 Å². The number of hydrogen-bond donors (Lipinski definition) is 0. The third-order valence-corrected chi connectivity index (χ3v) is 14.0. The molecule has 0 amide bonds. The summed E-state index contributed by atoms with van der Waals surface area (Å²) in [4.78, 5) is 52.1. The average molecular weight is 875 g/mol. The molecule has 4 rings (SSSR count). The number of ether oxygens (including phenoxy) is 6. The lowest BCUT2D eigenvalue weighted by molar-refractivity contribution is -0.162. The fourth-order valence-corrected chi connectivity index (χ4v) is 9.80. The first kappa shape index (κ1) is 52.4. The molecule has 2 aliphatic carbocycles. The zero-order chi connectivity index (χ0) is 44.0. The summed E-state index contributed by atoms with van der Waals surface area (Å²) in [7, 11) is 0. The van der Waals surface area contributed by atoms with Crippen LogP contribution in [0, 0.1) is 23.7 Å². The van der Waals surface area contributed by atoms with E-state index in [4.69, 9.17) is 28.4 Å². The van der Waals surface area contributed by atoms with Crippen molar-refractivity contribution in [2.24, 2.45) is 23.7 Å². The Balaban J connectivity index is 0.933. The molecule has 2 aliphatic heterocycles. The highest BCUT2D eigenvalue weighted by Gasteiger charge is 2.54. The summed E-state index contributed by atoms with van der Waals surface area (Å²) in [6, 6.07) is 0. The molecule has 0 radical (unpaired) electrons. The molecule has 358 valence electrons. The van der Waals surface area contributed by atoms with Crippen molar-refractivity contribution in [1.82, 2.24) is 0 Å². The van der Waals surface area contributed by atoms with Crippen LogP contribution in [0.15, 0.2) is 0 Å². The molecule has 0 bridgehead atoms. The first-order chi connectivity index (χ1) is 30.4. The van der Waals surface area contributed by atoms with E-state index in [0.717, 1.165) is 77.0 Å². The number of hydrogen-bond acceptors (Lipinski definition) is 10. The quantitative estimate of drug-likeness (QED) is 0.0255. The molecule has 2 saturated heterocycles. The summed E-state index contributed by atoms with van der Waals surface area (Å²) in [5, 5.41) is 0. The van der Waals surface area contributed by atoms with Crippen LogP contribution in [0.2, 0.25) is 0 Å². The molecular formula is C52H90O10. The molecule has 0 aromatic rings. The van der Waals surface area contributed by atoms with Gasteiger partial charge in [0.2, 0.25) is 0 Å². The molecule has 8 atom stereocenters. The maximum atomic E-state index is 13.1. The molecule has 10 nitrogen and oxygen atoms in total. The van der Waals surface area contributed by atoms with Crippen LogP contribution in [0.25, 0.3) is 0 Å². The average Bonchev–Trinajstić information content (AvgIpc) is 4.22. The van der Waals surface area contributed by atoms with E-state index in [1.54, 1.807) is 0 Å². The van der Waals surface area contributed by atoms with Gasteiger partial charge >= 0.3 is 23.9 Å². The van der Waals surface area contributed by atoms with Crippen molar-refractivity contribution >= 4 is 23.9 Å². The van der Waals surface area contributed by atoms with Crippen LogP contribution in [0.1, 0.15) is 232 Å². The van der Waals surface area contributed by atoms with Crippen LogP contribution in [0.3, 0.4) is 0 Å². The van der Waals surface area contributed by atoms with E-state index < -0.39 is 23.7 Å². The van der Waals surface area contributed by atoms with Gasteiger partial charge in [0.15, 0.2) is 0 Å². The molecule has 0 spiro atoms. The maximum absolute atomic E-state index is 13.1. The molecule has 0 N–H and O–H groups in total. The Labute approximate surface area is 377 Å². The number of epoxide rings is 2. The van der Waals surface area contributed by atoms with Crippen molar-refractivity contribution in [1.29, 1.82) is 0 Å². The van der Waals surface area contributed by atoms with Gasteiger partial charge in [-0.25, -0.2) is 0 Å². The van der Waals surface area contributed by atoms with Crippen LogP contribution < -0.4 is 0 Å². The molecule has 8 unspecified atom stereocenters. The molecule has 0 aromatic heterocycles. The molecule has 10 heteroatoms. The summed E-state index contributed by atoms with van der Waals surface area (Å²) in [6.45, 7) is 6.15. The zero-order valence-electron chi connectivity index (χ0n) is 39.6. The van der Waals surface area contributed by atoms with Crippen molar-refractivity contribution < 1.29 is 47.6 Å². The van der Waals surface area contributed by atoms with E-state index in [2.05, 4.69) is 13.8 Å². The molecule has 4 fully saturated rings. The van der Waals surface area contributed by atoms with E-state index in [9.17, 15) is 19.2 Å². The number of esters is 4. The van der Waals surface area contributed by atoms with Gasteiger partial charge in [-0.1, -0.05) is 181 Å². The highest BCUT2D eigenvalue weighted by Crippen LogP contribution is 2.45. The Hall–Kier alpha value is -2.20. The highest BCUT2D eigenvalue weighted by atomic mass is 16.6. The number of rotatable bonds is 39. The van der Waals surface area contributed by atoms with Crippen LogP contribution in [-0.4, -0.2) is 74.7 Å². The van der Waals surface area contributed by atoms with Gasteiger partial charge < -0.3 is 28.4 Å². The van der Waals surface area contributed by atoms with E-state index >= 15 is 0 Å². The van der Waals surface area contributed by atoms with Crippen molar-refractivity contribution in [2.45, 2.75) is 257 Å². The molecule has 2 saturated carbocycles. The van der Waals surface area contributed by atoms with E-state index in [-0.39, 0.29) is 48.3 Å². The Morgan fingerprint density at radius 3 is 0.677 bits per heavy atom. The lowest BCUT2D eigenvalue weighted by Crippen LogP contribution is -2.37. The zero-order valence-corrected chi connectivity index (χ0v) is 39.6. The summed E-state index contributed by atoms with van der Waals surface area (Å²) in [5.74, 6) is -2.90. The minimum atomic E-state index is -0.463. The van der Waals surface area contributed by atoms with Crippen LogP contribution in [-0.2, 0) is 47.6 Å². The van der Waals surface area contributed by atoms with Gasteiger partial charge in [0.25, 0.3) is 0 Å². The lowest BCUT2D eigenvalue weighted by Gasteiger charge is -2.26. The van der Waals surface area contributed by atoms with Crippen molar-refractivity contribution in [3.05, 3.63) is 0 Å². The molecule has 0 aromatic carbocycles. The molecule has 4 aliphatic rings. The SMILES string of the molecule is CCCCCCCCCCCCOC(=O)C1CC2OC2CC1C(=O)OCCCCCCCCCCCCOC(=O)C1CC2OC2CC1C(=O)OCCCCCCCCCCCC. The van der Waals surface area contributed by atoms with Gasteiger partial charge in [0.05, 0.1) is 74.5 Å². The third kappa shape index (κ3) is 21.7. The van der Waals surface area contributed by atoms with Crippen molar-refractivity contribution in [3.8, 4) is 0 Å². The highest BCUT2D eigenvalue weighted by molar-refractivity contribution is 5.83. The lowest BCUT2D eigenvalue weighted by atomic mass is 9.79. The van der Waals surface area contributed by atoms with Gasteiger partial charge in [-0.05, 0) is 51.4 Å². The van der Waals surface area contributed by atoms with Gasteiger partial charge in [-0.3, -0.25) is 19.2 Å². The number of fused-ring (bicyclic) bond motifs is 2. The van der Waals surface area contributed by atoms with Crippen molar-refractivity contribution in [2.75, 3.05) is 26.4 Å². The van der Waals surface area contributed by atoms with E-state index in [1.165, 1.54) is 116 Å². The molecular weight excluding hydrogens is 785 g/mol. The van der Waals surface area contributed by atoms with Gasteiger partial charge in [-0.2, -0.15) is 0 Å². The number of unbranched alkanes of at least 4 members (excludes halogenated alkanes) is 27. The van der Waals surface area contributed by atoms with Crippen molar-refractivity contribution in [3.63, 3.8) is 0 Å². The summed E-state index contributed by atoms with van der Waals surface area (Å²) in [5.41, 5.74) is 0. The Morgan fingerprint density at radius 1 is 0.306 bits per heavy atom. The summed E-state index contributed by atoms with van der Waals surface area (Å²) >= 11 is 0. The first-order valence-electron chi connectivity index (χ1n) is 26.4. The number of carbonyl (C=O) groups excluding carboxylic acids is 4. The molecule has 62 heavy (non-hydrogen) atoms. The Morgan fingerprint density at radius 2 is 0.484 bits per heavy atom. The normalized spacial score (nSPS) is 24.7. The number of carbonyl (C=O) groups is 4. The molecule has 2 heterocycles. The fourth-order valence-electron chi connectivity index (χ4n) is 9.80. The van der Waals surface area contributed by atoms with Gasteiger partial charge in [-0.15, -0.1) is 0 Å². The summed E-state index contributed by atoms with van der Waals surface area (Å²) < 4.78 is 34.1. The monoisotopic (exact) mass is 875 g/mol. The van der Waals surface area contributed by atoms with E-state index in [0.29, 0.717) is 52.1 Å². The maximum Gasteiger partial charge on any atom is 0.309 e. The van der Waals surface area contributed by atoms with Crippen LogP contribution in [0.4, 0.5) is 0 Å². The largest absolute Gasteiger partial charge is 0.465 e. The summed E-state index contributed by atoms with van der Waals surface area (Å²) in [6.07, 6.45) is 37.9. The second-order valence-electron chi connectivity index (χ2n) is 19.4. The smallest absolute Gasteiger partial charge is 0.309 e. The second kappa shape index (κ2) is 32.5. The first-order valence-corrected chi connectivity index (χ1v) is 26.4.